The second-order valence-corrected chi connectivity index (χ2v) is 5.10. The van der Waals surface area contributed by atoms with Crippen molar-refractivity contribution >= 4 is 22.6 Å². The van der Waals surface area contributed by atoms with Gasteiger partial charge in [-0.25, -0.2) is 4.79 Å². The molecule has 0 aliphatic heterocycles. The number of esters is 1. The van der Waals surface area contributed by atoms with E-state index in [9.17, 15) is 14.9 Å². The lowest BCUT2D eigenvalue weighted by molar-refractivity contribution is -0.385. The zero-order chi connectivity index (χ0) is 17.8. The number of rotatable bonds is 5. The van der Waals surface area contributed by atoms with Crippen LogP contribution in [0.4, 0.5) is 5.69 Å². The second-order valence-electron chi connectivity index (χ2n) is 5.10. The van der Waals surface area contributed by atoms with Crippen molar-refractivity contribution in [1.29, 1.82) is 0 Å². The van der Waals surface area contributed by atoms with Crippen molar-refractivity contribution in [3.8, 4) is 11.5 Å². The highest BCUT2D eigenvalue weighted by molar-refractivity contribution is 5.96. The van der Waals surface area contributed by atoms with Crippen LogP contribution < -0.4 is 9.47 Å². The monoisotopic (exact) mass is 338 g/mol. The molecule has 0 aliphatic carbocycles. The fourth-order valence-electron chi connectivity index (χ4n) is 2.38. The van der Waals surface area contributed by atoms with Gasteiger partial charge in [-0.05, 0) is 37.3 Å². The first-order valence-corrected chi connectivity index (χ1v) is 7.57. The molecule has 3 rings (SSSR count). The molecule has 7 heteroatoms. The van der Waals surface area contributed by atoms with E-state index in [-0.39, 0.29) is 22.5 Å². The highest BCUT2D eigenvalue weighted by Crippen LogP contribution is 2.34. The first kappa shape index (κ1) is 16.4. The summed E-state index contributed by atoms with van der Waals surface area (Å²) in [4.78, 5) is 27.3. The Morgan fingerprint density at radius 3 is 2.80 bits per heavy atom. The van der Waals surface area contributed by atoms with E-state index in [4.69, 9.17) is 9.47 Å². The predicted molar refractivity (Wildman–Crippen MR) is 91.0 cm³/mol. The smallest absolute Gasteiger partial charge is 0.343 e. The average molecular weight is 338 g/mol. The molecule has 0 saturated carbocycles. The van der Waals surface area contributed by atoms with Gasteiger partial charge in [0.25, 0.3) is 0 Å². The van der Waals surface area contributed by atoms with Crippen LogP contribution in [0.1, 0.15) is 17.3 Å². The summed E-state index contributed by atoms with van der Waals surface area (Å²) in [6, 6.07) is 12.7. The minimum absolute atomic E-state index is 0.171. The van der Waals surface area contributed by atoms with E-state index in [1.807, 2.05) is 6.92 Å². The number of aromatic nitrogens is 1. The summed E-state index contributed by atoms with van der Waals surface area (Å²) in [5.74, 6) is -0.375. The minimum atomic E-state index is -0.720. The molecule has 3 aromatic rings. The van der Waals surface area contributed by atoms with Crippen LogP contribution in [0.3, 0.4) is 0 Å². The Hall–Kier alpha value is -3.48. The predicted octanol–water partition coefficient (Wildman–Crippen LogP) is 3.76. The molecule has 1 heterocycles. The maximum Gasteiger partial charge on any atom is 0.343 e. The van der Waals surface area contributed by atoms with E-state index in [0.717, 1.165) is 0 Å². The SMILES string of the molecule is CCOc1cccc(C(=O)Oc2c([N+](=O)[O-])ccc3cccnc23)c1. The van der Waals surface area contributed by atoms with Crippen molar-refractivity contribution in [3.63, 3.8) is 0 Å². The molecular weight excluding hydrogens is 324 g/mol. The van der Waals surface area contributed by atoms with Gasteiger partial charge in [0, 0.05) is 17.6 Å². The Balaban J connectivity index is 2.02. The normalized spacial score (nSPS) is 10.4. The van der Waals surface area contributed by atoms with Crippen molar-refractivity contribution in [2.75, 3.05) is 6.61 Å². The maximum atomic E-state index is 12.5. The van der Waals surface area contributed by atoms with Crippen LogP contribution in [0.15, 0.2) is 54.7 Å². The summed E-state index contributed by atoms with van der Waals surface area (Å²) in [7, 11) is 0. The Kier molecular flexibility index (Phi) is 4.56. The van der Waals surface area contributed by atoms with Crippen LogP contribution in [0.25, 0.3) is 10.9 Å². The van der Waals surface area contributed by atoms with E-state index in [1.54, 1.807) is 36.4 Å². The van der Waals surface area contributed by atoms with Gasteiger partial charge in [0.05, 0.1) is 17.1 Å². The Bertz CT molecular complexity index is 955. The number of carbonyl (C=O) groups excluding carboxylic acids is 1. The largest absolute Gasteiger partial charge is 0.494 e. The summed E-state index contributed by atoms with van der Waals surface area (Å²) >= 11 is 0. The maximum absolute atomic E-state index is 12.5. The molecule has 0 aliphatic rings. The number of pyridine rings is 1. The van der Waals surface area contributed by atoms with Crippen molar-refractivity contribution < 1.29 is 19.2 Å². The van der Waals surface area contributed by atoms with Gasteiger partial charge in [-0.1, -0.05) is 12.1 Å². The van der Waals surface area contributed by atoms with Crippen LogP contribution in [0, 0.1) is 10.1 Å². The van der Waals surface area contributed by atoms with Gasteiger partial charge in [-0.3, -0.25) is 15.1 Å². The van der Waals surface area contributed by atoms with E-state index in [2.05, 4.69) is 4.98 Å². The Morgan fingerprint density at radius 1 is 1.20 bits per heavy atom. The Morgan fingerprint density at radius 2 is 2.04 bits per heavy atom. The lowest BCUT2D eigenvalue weighted by Gasteiger charge is -2.09. The van der Waals surface area contributed by atoms with Gasteiger partial charge in [0.15, 0.2) is 0 Å². The standard InChI is InChI=1S/C18H14N2O5/c1-2-24-14-7-3-5-13(11-14)18(21)25-17-15(20(22)23)9-8-12-6-4-10-19-16(12)17/h3-11H,2H2,1H3. The number of benzene rings is 2. The number of carbonyl (C=O) groups is 1. The highest BCUT2D eigenvalue weighted by atomic mass is 16.6. The van der Waals surface area contributed by atoms with Crippen molar-refractivity contribution in [2.45, 2.75) is 6.92 Å². The quantitative estimate of drug-likeness (QED) is 0.304. The van der Waals surface area contributed by atoms with Gasteiger partial charge >= 0.3 is 11.7 Å². The molecule has 1 aromatic heterocycles. The molecule has 25 heavy (non-hydrogen) atoms. The third-order valence-electron chi connectivity index (χ3n) is 3.48. The minimum Gasteiger partial charge on any atom is -0.494 e. The van der Waals surface area contributed by atoms with Crippen LogP contribution in [-0.4, -0.2) is 22.5 Å². The molecule has 0 bridgehead atoms. The number of hydrogen-bond acceptors (Lipinski definition) is 6. The van der Waals surface area contributed by atoms with Gasteiger partial charge in [-0.15, -0.1) is 0 Å². The molecule has 2 aromatic carbocycles. The lowest BCUT2D eigenvalue weighted by Crippen LogP contribution is -2.10. The molecule has 7 nitrogen and oxygen atoms in total. The first-order chi connectivity index (χ1) is 12.1. The van der Waals surface area contributed by atoms with Crippen LogP contribution >= 0.6 is 0 Å². The summed E-state index contributed by atoms with van der Waals surface area (Å²) < 4.78 is 10.7. The number of ether oxygens (including phenoxy) is 2. The number of nitro groups is 1. The molecule has 126 valence electrons. The lowest BCUT2D eigenvalue weighted by atomic mass is 10.1. The molecule has 0 amide bonds. The van der Waals surface area contributed by atoms with Crippen LogP contribution in [0.5, 0.6) is 11.5 Å². The fourth-order valence-corrected chi connectivity index (χ4v) is 2.38. The summed E-state index contributed by atoms with van der Waals surface area (Å²) in [5, 5.41) is 11.9. The van der Waals surface area contributed by atoms with Gasteiger partial charge in [0.1, 0.15) is 11.3 Å². The van der Waals surface area contributed by atoms with Crippen molar-refractivity contribution in [2.24, 2.45) is 0 Å². The van der Waals surface area contributed by atoms with E-state index < -0.39 is 10.9 Å². The fraction of sp³-hybridized carbons (Fsp3) is 0.111. The van der Waals surface area contributed by atoms with Crippen molar-refractivity contribution in [1.82, 2.24) is 4.98 Å². The third kappa shape index (κ3) is 3.40. The van der Waals surface area contributed by atoms with E-state index in [0.29, 0.717) is 17.7 Å². The Labute approximate surface area is 143 Å². The second kappa shape index (κ2) is 6.96. The van der Waals surface area contributed by atoms with Crippen LogP contribution in [0.2, 0.25) is 0 Å². The molecule has 0 spiro atoms. The topological polar surface area (TPSA) is 91.6 Å². The third-order valence-corrected chi connectivity index (χ3v) is 3.48. The number of nitrogens with zero attached hydrogens (tertiary/aromatic N) is 2. The molecule has 0 radical (unpaired) electrons. The molecule has 0 unspecified atom stereocenters. The summed E-state index contributed by atoms with van der Waals surface area (Å²) in [6.45, 7) is 2.29. The zero-order valence-corrected chi connectivity index (χ0v) is 13.3. The molecule has 0 saturated heterocycles. The van der Waals surface area contributed by atoms with Gasteiger partial charge in [-0.2, -0.15) is 0 Å². The first-order valence-electron chi connectivity index (χ1n) is 7.57. The molecule has 0 atom stereocenters. The van der Waals surface area contributed by atoms with Crippen LogP contribution in [-0.2, 0) is 0 Å². The van der Waals surface area contributed by atoms with Gasteiger partial charge in [0.2, 0.25) is 5.75 Å². The molecular formula is C18H14N2O5. The zero-order valence-electron chi connectivity index (χ0n) is 13.3. The van der Waals surface area contributed by atoms with E-state index in [1.165, 1.54) is 18.3 Å². The van der Waals surface area contributed by atoms with E-state index >= 15 is 0 Å². The highest BCUT2D eigenvalue weighted by Gasteiger charge is 2.23. The summed E-state index contributed by atoms with van der Waals surface area (Å²) in [6.07, 6.45) is 1.49. The average Bonchev–Trinajstić information content (AvgIpc) is 2.62. The number of hydrogen-bond donors (Lipinski definition) is 0. The number of nitro benzene ring substituents is 1. The number of fused-ring (bicyclic) bond motifs is 1. The molecule has 0 N–H and O–H groups in total. The molecule has 0 fully saturated rings. The van der Waals surface area contributed by atoms with Gasteiger partial charge < -0.3 is 9.47 Å². The van der Waals surface area contributed by atoms with Crippen molar-refractivity contribution in [3.05, 3.63) is 70.4 Å². The summed E-state index contributed by atoms with van der Waals surface area (Å²) in [5.41, 5.74) is 0.166.